The second-order valence-electron chi connectivity index (χ2n) is 6.72. The lowest BCUT2D eigenvalue weighted by Crippen LogP contribution is -2.21. The highest BCUT2D eigenvalue weighted by Crippen LogP contribution is 2.27. The molecule has 0 aliphatic heterocycles. The topological polar surface area (TPSA) is 104 Å². The predicted molar refractivity (Wildman–Crippen MR) is 121 cm³/mol. The Kier molecular flexibility index (Phi) is 7.12. The van der Waals surface area contributed by atoms with Crippen molar-refractivity contribution in [3.8, 4) is 0 Å². The molecule has 0 saturated carbocycles. The standard InChI is InChI=1S/C22H19ClFN3O4S/c1-25-21(28)13-14-4-2-3-5-19(14)26-22(29)15-6-11-18(23)20(12-15)27-32(30,31)17-9-7-16(24)8-10-17/h2-12,27H,13H2,1H3,(H,25,28)(H,26,29). The molecule has 0 atom stereocenters. The summed E-state index contributed by atoms with van der Waals surface area (Å²) >= 11 is 6.12. The number of halogens is 2. The minimum absolute atomic E-state index is 0.0118. The molecule has 0 radical (unpaired) electrons. The molecule has 0 saturated heterocycles. The lowest BCUT2D eigenvalue weighted by Gasteiger charge is -2.13. The smallest absolute Gasteiger partial charge is 0.261 e. The fourth-order valence-electron chi connectivity index (χ4n) is 2.81. The molecule has 166 valence electrons. The first-order valence-electron chi connectivity index (χ1n) is 9.37. The maximum absolute atomic E-state index is 13.1. The van der Waals surface area contributed by atoms with Crippen molar-refractivity contribution in [2.45, 2.75) is 11.3 Å². The van der Waals surface area contributed by atoms with Gasteiger partial charge in [0.05, 0.1) is 22.0 Å². The van der Waals surface area contributed by atoms with E-state index in [4.69, 9.17) is 11.6 Å². The molecule has 32 heavy (non-hydrogen) atoms. The normalized spacial score (nSPS) is 11.0. The van der Waals surface area contributed by atoms with Gasteiger partial charge in [0.25, 0.3) is 15.9 Å². The molecule has 3 aromatic rings. The molecule has 0 aromatic heterocycles. The van der Waals surface area contributed by atoms with Gasteiger partial charge in [0, 0.05) is 18.3 Å². The molecule has 0 heterocycles. The third kappa shape index (κ3) is 5.63. The van der Waals surface area contributed by atoms with E-state index in [9.17, 15) is 22.4 Å². The summed E-state index contributed by atoms with van der Waals surface area (Å²) in [6, 6.07) is 15.2. The largest absolute Gasteiger partial charge is 0.359 e. The molecular weight excluding hydrogens is 457 g/mol. The van der Waals surface area contributed by atoms with Gasteiger partial charge in [-0.2, -0.15) is 0 Å². The summed E-state index contributed by atoms with van der Waals surface area (Å²) in [5.41, 5.74) is 1.19. The lowest BCUT2D eigenvalue weighted by molar-refractivity contribution is -0.119. The number of sulfonamides is 1. The molecule has 3 rings (SSSR count). The summed E-state index contributed by atoms with van der Waals surface area (Å²) in [4.78, 5) is 24.3. The van der Waals surface area contributed by atoms with Gasteiger partial charge in [-0.05, 0) is 54.1 Å². The quantitative estimate of drug-likeness (QED) is 0.483. The van der Waals surface area contributed by atoms with E-state index in [0.29, 0.717) is 11.3 Å². The average Bonchev–Trinajstić information content (AvgIpc) is 2.76. The molecule has 0 aliphatic rings. The fourth-order valence-corrected chi connectivity index (χ4v) is 4.11. The number of rotatable bonds is 7. The Labute approximate surface area is 189 Å². The van der Waals surface area contributed by atoms with Crippen LogP contribution in [0.4, 0.5) is 15.8 Å². The van der Waals surface area contributed by atoms with E-state index in [1.165, 1.54) is 25.2 Å². The molecule has 10 heteroatoms. The highest BCUT2D eigenvalue weighted by atomic mass is 35.5. The van der Waals surface area contributed by atoms with Crippen molar-refractivity contribution in [1.29, 1.82) is 0 Å². The first-order valence-corrected chi connectivity index (χ1v) is 11.2. The molecular formula is C22H19ClFN3O4S. The van der Waals surface area contributed by atoms with Crippen molar-refractivity contribution < 1.29 is 22.4 Å². The third-order valence-corrected chi connectivity index (χ3v) is 6.20. The van der Waals surface area contributed by atoms with Crippen LogP contribution in [0.25, 0.3) is 0 Å². The minimum Gasteiger partial charge on any atom is -0.359 e. The Morgan fingerprint density at radius 2 is 1.66 bits per heavy atom. The van der Waals surface area contributed by atoms with Gasteiger partial charge in [0.2, 0.25) is 5.91 Å². The molecule has 7 nitrogen and oxygen atoms in total. The van der Waals surface area contributed by atoms with Crippen LogP contribution >= 0.6 is 11.6 Å². The number of amides is 2. The SMILES string of the molecule is CNC(=O)Cc1ccccc1NC(=O)c1ccc(Cl)c(NS(=O)(=O)c2ccc(F)cc2)c1. The molecule has 3 N–H and O–H groups in total. The molecule has 0 spiro atoms. The van der Waals surface area contributed by atoms with E-state index >= 15 is 0 Å². The zero-order valence-electron chi connectivity index (χ0n) is 16.9. The van der Waals surface area contributed by atoms with Crippen molar-refractivity contribution in [2.24, 2.45) is 0 Å². The summed E-state index contributed by atoms with van der Waals surface area (Å²) in [5, 5.41) is 5.32. The predicted octanol–water partition coefficient (Wildman–Crippen LogP) is 3.82. The first kappa shape index (κ1) is 23.2. The third-order valence-electron chi connectivity index (χ3n) is 4.49. The van der Waals surface area contributed by atoms with Crippen LogP contribution in [0.15, 0.2) is 71.6 Å². The monoisotopic (exact) mass is 475 g/mol. The van der Waals surface area contributed by atoms with Gasteiger partial charge in [0.15, 0.2) is 0 Å². The molecule has 2 amide bonds. The molecule has 0 fully saturated rings. The van der Waals surface area contributed by atoms with Crippen molar-refractivity contribution in [2.75, 3.05) is 17.1 Å². The Bertz CT molecular complexity index is 1260. The highest BCUT2D eigenvalue weighted by molar-refractivity contribution is 7.92. The molecule has 0 bridgehead atoms. The summed E-state index contributed by atoms with van der Waals surface area (Å²) in [6.07, 6.45) is 0.0797. The van der Waals surface area contributed by atoms with Gasteiger partial charge >= 0.3 is 0 Å². The maximum atomic E-state index is 13.1. The van der Waals surface area contributed by atoms with Crippen LogP contribution in [-0.4, -0.2) is 27.3 Å². The van der Waals surface area contributed by atoms with Gasteiger partial charge in [0.1, 0.15) is 5.82 Å². The van der Waals surface area contributed by atoms with Crippen LogP contribution in [0.5, 0.6) is 0 Å². The Morgan fingerprint density at radius 3 is 2.34 bits per heavy atom. The number of anilines is 2. The maximum Gasteiger partial charge on any atom is 0.261 e. The van der Waals surface area contributed by atoms with Gasteiger partial charge in [-0.3, -0.25) is 14.3 Å². The summed E-state index contributed by atoms with van der Waals surface area (Å²) in [7, 11) is -2.53. The van der Waals surface area contributed by atoms with E-state index in [-0.39, 0.29) is 33.5 Å². The molecule has 0 unspecified atom stereocenters. The van der Waals surface area contributed by atoms with Gasteiger partial charge in [-0.15, -0.1) is 0 Å². The second-order valence-corrected chi connectivity index (χ2v) is 8.80. The minimum atomic E-state index is -4.05. The number of carbonyl (C=O) groups is 2. The Balaban J connectivity index is 1.84. The van der Waals surface area contributed by atoms with Crippen molar-refractivity contribution >= 4 is 44.8 Å². The van der Waals surface area contributed by atoms with E-state index < -0.39 is 21.7 Å². The van der Waals surface area contributed by atoms with Crippen molar-refractivity contribution in [3.63, 3.8) is 0 Å². The van der Waals surface area contributed by atoms with Crippen LogP contribution in [0.1, 0.15) is 15.9 Å². The van der Waals surface area contributed by atoms with E-state index in [1.807, 2.05) is 0 Å². The number of hydrogen-bond donors (Lipinski definition) is 3. The lowest BCUT2D eigenvalue weighted by atomic mass is 10.1. The molecule has 0 aliphatic carbocycles. The fraction of sp³-hybridized carbons (Fsp3) is 0.0909. The first-order chi connectivity index (χ1) is 15.2. The van der Waals surface area contributed by atoms with Crippen LogP contribution in [0, 0.1) is 5.82 Å². The summed E-state index contributed by atoms with van der Waals surface area (Å²) in [5.74, 6) is -1.30. The number of para-hydroxylation sites is 1. The Morgan fingerprint density at radius 1 is 0.969 bits per heavy atom. The Hall–Kier alpha value is -3.43. The van der Waals surface area contributed by atoms with E-state index in [0.717, 1.165) is 24.3 Å². The number of hydrogen-bond acceptors (Lipinski definition) is 4. The zero-order valence-corrected chi connectivity index (χ0v) is 18.4. The zero-order chi connectivity index (χ0) is 23.3. The number of carbonyl (C=O) groups excluding carboxylic acids is 2. The van der Waals surface area contributed by atoms with Crippen molar-refractivity contribution in [1.82, 2.24) is 5.32 Å². The van der Waals surface area contributed by atoms with E-state index in [1.54, 1.807) is 24.3 Å². The van der Waals surface area contributed by atoms with Crippen LogP contribution < -0.4 is 15.4 Å². The van der Waals surface area contributed by atoms with Crippen LogP contribution in [0.2, 0.25) is 5.02 Å². The van der Waals surface area contributed by atoms with Crippen molar-refractivity contribution in [3.05, 3.63) is 88.7 Å². The van der Waals surface area contributed by atoms with Gasteiger partial charge in [-0.25, -0.2) is 12.8 Å². The number of likely N-dealkylation sites (N-methyl/N-ethyl adjacent to an activating group) is 1. The number of benzene rings is 3. The van der Waals surface area contributed by atoms with Crippen LogP contribution in [-0.2, 0) is 21.2 Å². The van der Waals surface area contributed by atoms with E-state index in [2.05, 4.69) is 15.4 Å². The van der Waals surface area contributed by atoms with Gasteiger partial charge in [-0.1, -0.05) is 29.8 Å². The van der Waals surface area contributed by atoms with Crippen LogP contribution in [0.3, 0.4) is 0 Å². The number of nitrogens with one attached hydrogen (secondary N) is 3. The summed E-state index contributed by atoms with van der Waals surface area (Å²) < 4.78 is 40.6. The second kappa shape index (κ2) is 9.80. The highest BCUT2D eigenvalue weighted by Gasteiger charge is 2.18. The molecule has 3 aromatic carbocycles. The average molecular weight is 476 g/mol. The summed E-state index contributed by atoms with van der Waals surface area (Å²) in [6.45, 7) is 0. The van der Waals surface area contributed by atoms with Gasteiger partial charge < -0.3 is 10.6 Å².